The molecule has 6 rings (SSSR count). The van der Waals surface area contributed by atoms with Crippen LogP contribution in [0.1, 0.15) is 47.0 Å². The second kappa shape index (κ2) is 8.36. The molecule has 4 heterocycles. The standard InChI is InChI=1S/C26H28N6O2/c1-16-12-17(2)23-19(13-16)14-21(26(33)27-23)24(31-10-9-18-6-3-4-8-22(18)31)25-28-29-30-32(25)15-20-7-5-11-34-20/h3-4,6,8,12-14,20,24H,5,7,9-11,15H2,1-2H3,(H,27,33)/t20-,24-/m0/s1. The Labute approximate surface area is 197 Å². The third-order valence-electron chi connectivity index (χ3n) is 7.06. The van der Waals surface area contributed by atoms with Crippen LogP contribution < -0.4 is 10.5 Å². The lowest BCUT2D eigenvalue weighted by Gasteiger charge is -2.30. The van der Waals surface area contributed by atoms with Gasteiger partial charge in [-0.1, -0.05) is 29.8 Å². The summed E-state index contributed by atoms with van der Waals surface area (Å²) in [6, 6.07) is 14.2. The number of fused-ring (bicyclic) bond motifs is 2. The predicted molar refractivity (Wildman–Crippen MR) is 130 cm³/mol. The minimum Gasteiger partial charge on any atom is -0.376 e. The number of pyridine rings is 1. The van der Waals surface area contributed by atoms with Crippen LogP contribution in [0.25, 0.3) is 10.9 Å². The van der Waals surface area contributed by atoms with Crippen molar-refractivity contribution in [2.45, 2.75) is 51.8 Å². The van der Waals surface area contributed by atoms with Crippen LogP contribution in [0, 0.1) is 13.8 Å². The molecular formula is C26H28N6O2. The summed E-state index contributed by atoms with van der Waals surface area (Å²) in [6.45, 7) is 6.25. The number of nitrogens with one attached hydrogen (secondary N) is 1. The van der Waals surface area contributed by atoms with E-state index < -0.39 is 6.04 Å². The molecule has 2 aromatic carbocycles. The van der Waals surface area contributed by atoms with Gasteiger partial charge in [-0.3, -0.25) is 4.79 Å². The largest absolute Gasteiger partial charge is 0.376 e. The Morgan fingerprint density at radius 1 is 1.21 bits per heavy atom. The zero-order chi connectivity index (χ0) is 23.2. The maximum absolute atomic E-state index is 13.5. The number of ether oxygens (including phenoxy) is 1. The van der Waals surface area contributed by atoms with Crippen molar-refractivity contribution in [3.8, 4) is 0 Å². The monoisotopic (exact) mass is 456 g/mol. The Hall–Kier alpha value is -3.52. The van der Waals surface area contributed by atoms with Crippen LogP contribution in [0.2, 0.25) is 0 Å². The molecule has 0 unspecified atom stereocenters. The van der Waals surface area contributed by atoms with Gasteiger partial charge < -0.3 is 14.6 Å². The number of hydrogen-bond acceptors (Lipinski definition) is 6. The summed E-state index contributed by atoms with van der Waals surface area (Å²) >= 11 is 0. The van der Waals surface area contributed by atoms with Gasteiger partial charge >= 0.3 is 0 Å². The zero-order valence-corrected chi connectivity index (χ0v) is 19.5. The van der Waals surface area contributed by atoms with E-state index in [2.05, 4.69) is 62.7 Å². The highest BCUT2D eigenvalue weighted by atomic mass is 16.5. The fraction of sp³-hybridized carbons (Fsp3) is 0.385. The molecule has 34 heavy (non-hydrogen) atoms. The number of aromatic amines is 1. The van der Waals surface area contributed by atoms with E-state index in [1.54, 1.807) is 0 Å². The van der Waals surface area contributed by atoms with E-state index in [1.807, 2.05) is 23.7 Å². The molecular weight excluding hydrogens is 428 g/mol. The number of aryl methyl sites for hydroxylation is 2. The first-order valence-corrected chi connectivity index (χ1v) is 11.9. The third kappa shape index (κ3) is 3.58. The summed E-state index contributed by atoms with van der Waals surface area (Å²) in [4.78, 5) is 19.0. The Morgan fingerprint density at radius 3 is 2.94 bits per heavy atom. The molecule has 2 aliphatic rings. The summed E-state index contributed by atoms with van der Waals surface area (Å²) < 4.78 is 7.68. The molecule has 1 saturated heterocycles. The number of hydrogen-bond donors (Lipinski definition) is 1. The van der Waals surface area contributed by atoms with Gasteiger partial charge in [0.25, 0.3) is 5.56 Å². The summed E-state index contributed by atoms with van der Waals surface area (Å²) in [5, 5.41) is 13.8. The number of para-hydroxylation sites is 1. The van der Waals surface area contributed by atoms with E-state index in [1.165, 1.54) is 5.56 Å². The van der Waals surface area contributed by atoms with Gasteiger partial charge in [0.15, 0.2) is 5.82 Å². The number of aromatic nitrogens is 5. The van der Waals surface area contributed by atoms with E-state index >= 15 is 0 Å². The lowest BCUT2D eigenvalue weighted by molar-refractivity contribution is 0.0924. The van der Waals surface area contributed by atoms with Crippen molar-refractivity contribution in [3.63, 3.8) is 0 Å². The van der Waals surface area contributed by atoms with Crippen LogP contribution in [0.3, 0.4) is 0 Å². The molecule has 2 atom stereocenters. The molecule has 0 saturated carbocycles. The van der Waals surface area contributed by atoms with Gasteiger partial charge in [0, 0.05) is 24.4 Å². The van der Waals surface area contributed by atoms with Gasteiger partial charge in [0.1, 0.15) is 6.04 Å². The summed E-state index contributed by atoms with van der Waals surface area (Å²) in [5.41, 5.74) is 6.03. The van der Waals surface area contributed by atoms with Crippen molar-refractivity contribution in [3.05, 3.63) is 80.9 Å². The van der Waals surface area contributed by atoms with Crippen LogP contribution in [-0.2, 0) is 17.7 Å². The molecule has 0 amide bonds. The van der Waals surface area contributed by atoms with Crippen molar-refractivity contribution >= 4 is 16.6 Å². The van der Waals surface area contributed by atoms with Crippen molar-refractivity contribution in [2.24, 2.45) is 0 Å². The third-order valence-corrected chi connectivity index (χ3v) is 7.06. The Balaban J connectivity index is 1.53. The number of anilines is 1. The predicted octanol–water partition coefficient (Wildman–Crippen LogP) is 3.46. The Kier molecular flexibility index (Phi) is 5.17. The zero-order valence-electron chi connectivity index (χ0n) is 19.5. The maximum atomic E-state index is 13.5. The van der Waals surface area contributed by atoms with E-state index in [-0.39, 0.29) is 11.7 Å². The fourth-order valence-corrected chi connectivity index (χ4v) is 5.50. The van der Waals surface area contributed by atoms with Gasteiger partial charge in [-0.2, -0.15) is 0 Å². The summed E-state index contributed by atoms with van der Waals surface area (Å²) in [5.74, 6) is 0.668. The number of tetrazole rings is 1. The normalized spacial score (nSPS) is 18.5. The molecule has 174 valence electrons. The average Bonchev–Trinajstić information content (AvgIpc) is 3.58. The van der Waals surface area contributed by atoms with Crippen molar-refractivity contribution in [1.29, 1.82) is 0 Å². The highest BCUT2D eigenvalue weighted by Crippen LogP contribution is 2.37. The highest BCUT2D eigenvalue weighted by molar-refractivity contribution is 5.83. The second-order valence-electron chi connectivity index (χ2n) is 9.43. The first kappa shape index (κ1) is 21.0. The van der Waals surface area contributed by atoms with E-state index in [9.17, 15) is 4.79 Å². The van der Waals surface area contributed by atoms with Crippen LogP contribution in [0.15, 0.2) is 47.3 Å². The molecule has 2 aliphatic heterocycles. The van der Waals surface area contributed by atoms with Crippen LogP contribution in [0.5, 0.6) is 0 Å². The van der Waals surface area contributed by atoms with Gasteiger partial charge in [-0.05, 0) is 78.2 Å². The van der Waals surface area contributed by atoms with Gasteiger partial charge in [0.2, 0.25) is 0 Å². The van der Waals surface area contributed by atoms with E-state index in [4.69, 9.17) is 4.74 Å². The van der Waals surface area contributed by atoms with Crippen LogP contribution in [-0.4, -0.2) is 44.4 Å². The molecule has 0 spiro atoms. The topological polar surface area (TPSA) is 88.9 Å². The van der Waals surface area contributed by atoms with E-state index in [0.717, 1.165) is 60.1 Å². The lowest BCUT2D eigenvalue weighted by atomic mass is 10.0. The molecule has 8 nitrogen and oxygen atoms in total. The fourth-order valence-electron chi connectivity index (χ4n) is 5.50. The van der Waals surface area contributed by atoms with Crippen molar-refractivity contribution < 1.29 is 4.74 Å². The minimum absolute atomic E-state index is 0.0916. The first-order chi connectivity index (χ1) is 16.6. The first-order valence-electron chi connectivity index (χ1n) is 11.9. The summed E-state index contributed by atoms with van der Waals surface area (Å²) in [7, 11) is 0. The Bertz CT molecular complexity index is 1420. The Morgan fingerprint density at radius 2 is 2.09 bits per heavy atom. The van der Waals surface area contributed by atoms with Crippen molar-refractivity contribution in [1.82, 2.24) is 25.2 Å². The van der Waals surface area contributed by atoms with Gasteiger partial charge in [-0.15, -0.1) is 5.10 Å². The molecule has 0 bridgehead atoms. The van der Waals surface area contributed by atoms with Crippen LogP contribution >= 0.6 is 0 Å². The van der Waals surface area contributed by atoms with Gasteiger partial charge in [-0.25, -0.2) is 4.68 Å². The number of nitrogens with zero attached hydrogens (tertiary/aromatic N) is 5. The summed E-state index contributed by atoms with van der Waals surface area (Å²) in [6.07, 6.45) is 3.05. The maximum Gasteiger partial charge on any atom is 0.254 e. The number of rotatable bonds is 5. The highest BCUT2D eigenvalue weighted by Gasteiger charge is 2.35. The number of H-pyrrole nitrogens is 1. The SMILES string of the molecule is Cc1cc(C)c2[nH]c(=O)c([C@@H](c3nnnn3C[C@@H]3CCCO3)N3CCc4ccccc43)cc2c1. The second-order valence-corrected chi connectivity index (χ2v) is 9.43. The molecule has 1 N–H and O–H groups in total. The van der Waals surface area contributed by atoms with Gasteiger partial charge in [0.05, 0.1) is 18.2 Å². The van der Waals surface area contributed by atoms with Crippen LogP contribution in [0.4, 0.5) is 5.69 Å². The number of benzene rings is 2. The van der Waals surface area contributed by atoms with E-state index in [0.29, 0.717) is 17.9 Å². The molecule has 1 fully saturated rings. The van der Waals surface area contributed by atoms with Crippen molar-refractivity contribution in [2.75, 3.05) is 18.1 Å². The lowest BCUT2D eigenvalue weighted by Crippen LogP contribution is -2.35. The minimum atomic E-state index is -0.408. The average molecular weight is 457 g/mol. The molecule has 4 aromatic rings. The molecule has 0 radical (unpaired) electrons. The quantitative estimate of drug-likeness (QED) is 0.495. The molecule has 2 aromatic heterocycles. The molecule has 8 heteroatoms. The molecule has 0 aliphatic carbocycles. The smallest absolute Gasteiger partial charge is 0.254 e.